The van der Waals surface area contributed by atoms with Gasteiger partial charge in [-0.15, -0.1) is 0 Å². The Morgan fingerprint density at radius 2 is 2.05 bits per heavy atom. The van der Waals surface area contributed by atoms with Gasteiger partial charge in [0.15, 0.2) is 0 Å². The molecule has 0 spiro atoms. The van der Waals surface area contributed by atoms with Crippen molar-refractivity contribution in [2.75, 3.05) is 33.3 Å². The van der Waals surface area contributed by atoms with Crippen LogP contribution in [0.25, 0.3) is 0 Å². The summed E-state index contributed by atoms with van der Waals surface area (Å²) in [6.07, 6.45) is 2.48. The second kappa shape index (κ2) is 6.80. The van der Waals surface area contributed by atoms with Crippen LogP contribution in [0.1, 0.15) is 31.2 Å². The summed E-state index contributed by atoms with van der Waals surface area (Å²) in [6, 6.07) is 11.2. The van der Waals surface area contributed by atoms with E-state index in [2.05, 4.69) is 42.3 Å². The van der Waals surface area contributed by atoms with Gasteiger partial charge in [0, 0.05) is 19.1 Å². The average Bonchev–Trinajstić information content (AvgIpc) is 2.46. The highest BCUT2D eigenvalue weighted by Gasteiger charge is 2.34. The number of likely N-dealkylation sites (N-methyl/N-ethyl adjacent to an activating group) is 1. The fraction of sp³-hybridized carbons (Fsp3) is 0.611. The third kappa shape index (κ3) is 3.50. The number of benzene rings is 1. The molecule has 0 bridgehead atoms. The number of ether oxygens (including phenoxy) is 1. The molecular weight excluding hydrogens is 276 g/mol. The van der Waals surface area contributed by atoms with Gasteiger partial charge in [0.2, 0.25) is 5.91 Å². The van der Waals surface area contributed by atoms with E-state index in [0.29, 0.717) is 25.1 Å². The molecule has 0 N–H and O–H groups in total. The predicted molar refractivity (Wildman–Crippen MR) is 86.8 cm³/mol. The van der Waals surface area contributed by atoms with E-state index in [9.17, 15) is 4.79 Å². The first-order valence-corrected chi connectivity index (χ1v) is 8.28. The quantitative estimate of drug-likeness (QED) is 0.854. The minimum Gasteiger partial charge on any atom is -0.375 e. The maximum Gasteiger partial charge on any atom is 0.236 e. The molecule has 1 aromatic rings. The van der Waals surface area contributed by atoms with E-state index < -0.39 is 0 Å². The minimum absolute atomic E-state index is 0.161. The van der Waals surface area contributed by atoms with Crippen LogP contribution in [0.3, 0.4) is 0 Å². The Morgan fingerprint density at radius 3 is 2.73 bits per heavy atom. The second-order valence-corrected chi connectivity index (χ2v) is 6.67. The van der Waals surface area contributed by atoms with Gasteiger partial charge in [-0.25, -0.2) is 0 Å². The van der Waals surface area contributed by atoms with Gasteiger partial charge in [-0.3, -0.25) is 9.69 Å². The molecule has 1 unspecified atom stereocenters. The zero-order chi connectivity index (χ0) is 15.5. The second-order valence-electron chi connectivity index (χ2n) is 6.67. The fourth-order valence-electron chi connectivity index (χ4n) is 3.43. The summed E-state index contributed by atoms with van der Waals surface area (Å²) in [7, 11) is 2.08. The van der Waals surface area contributed by atoms with Gasteiger partial charge in [-0.05, 0) is 38.3 Å². The fourth-order valence-corrected chi connectivity index (χ4v) is 3.43. The molecule has 120 valence electrons. The first kappa shape index (κ1) is 15.5. The van der Waals surface area contributed by atoms with Crippen LogP contribution >= 0.6 is 0 Å². The third-order valence-corrected chi connectivity index (χ3v) is 4.99. The zero-order valence-corrected chi connectivity index (χ0v) is 13.6. The number of amides is 1. The topological polar surface area (TPSA) is 32.8 Å². The molecule has 0 aromatic heterocycles. The highest BCUT2D eigenvalue weighted by atomic mass is 16.5. The molecule has 1 aliphatic heterocycles. The molecule has 1 saturated carbocycles. The Hall–Kier alpha value is -1.39. The van der Waals surface area contributed by atoms with Crippen LogP contribution in [-0.2, 0) is 9.53 Å². The summed E-state index contributed by atoms with van der Waals surface area (Å²) in [6.45, 7) is 4.67. The van der Waals surface area contributed by atoms with Crippen LogP contribution in [0.5, 0.6) is 0 Å². The standard InChI is InChI=1S/C18H26N2O2/c1-14-12-20(8-9-22-14)18(21)13-19(2)17-10-16(11-17)15-6-4-3-5-7-15/h3-7,14,16-17H,8-13H2,1-2H3. The minimum atomic E-state index is 0.161. The van der Waals surface area contributed by atoms with Gasteiger partial charge in [0.1, 0.15) is 0 Å². The van der Waals surface area contributed by atoms with Crippen LogP contribution in [0.2, 0.25) is 0 Å². The van der Waals surface area contributed by atoms with Gasteiger partial charge in [-0.1, -0.05) is 30.3 Å². The van der Waals surface area contributed by atoms with Crippen molar-refractivity contribution in [3.63, 3.8) is 0 Å². The van der Waals surface area contributed by atoms with Crippen molar-refractivity contribution >= 4 is 5.91 Å². The van der Waals surface area contributed by atoms with Crippen molar-refractivity contribution in [2.24, 2.45) is 0 Å². The molecular formula is C18H26N2O2. The molecule has 1 amide bonds. The number of hydrogen-bond acceptors (Lipinski definition) is 3. The molecule has 4 heteroatoms. The normalized spacial score (nSPS) is 28.5. The molecule has 1 atom stereocenters. The smallest absolute Gasteiger partial charge is 0.236 e. The lowest BCUT2D eigenvalue weighted by molar-refractivity contribution is -0.140. The van der Waals surface area contributed by atoms with E-state index in [0.717, 1.165) is 25.9 Å². The average molecular weight is 302 g/mol. The highest BCUT2D eigenvalue weighted by molar-refractivity contribution is 5.78. The molecule has 1 aliphatic carbocycles. The van der Waals surface area contributed by atoms with E-state index in [1.54, 1.807) is 0 Å². The lowest BCUT2D eigenvalue weighted by Gasteiger charge is -2.42. The number of hydrogen-bond donors (Lipinski definition) is 0. The van der Waals surface area contributed by atoms with E-state index in [1.165, 1.54) is 5.56 Å². The first-order valence-electron chi connectivity index (χ1n) is 8.28. The first-order chi connectivity index (χ1) is 10.6. The molecule has 1 aromatic carbocycles. The molecule has 1 saturated heterocycles. The lowest BCUT2D eigenvalue weighted by atomic mass is 9.75. The van der Waals surface area contributed by atoms with Gasteiger partial charge in [0.25, 0.3) is 0 Å². The molecule has 2 aliphatic rings. The molecule has 22 heavy (non-hydrogen) atoms. The maximum atomic E-state index is 12.4. The molecule has 2 fully saturated rings. The number of rotatable bonds is 4. The Balaban J connectivity index is 1.45. The largest absolute Gasteiger partial charge is 0.375 e. The third-order valence-electron chi connectivity index (χ3n) is 4.99. The number of morpholine rings is 1. The number of carbonyl (C=O) groups excluding carboxylic acids is 1. The Morgan fingerprint density at radius 1 is 1.32 bits per heavy atom. The van der Waals surface area contributed by atoms with Crippen molar-refractivity contribution < 1.29 is 9.53 Å². The van der Waals surface area contributed by atoms with Crippen molar-refractivity contribution in [3.8, 4) is 0 Å². The van der Waals surface area contributed by atoms with Crippen LogP contribution < -0.4 is 0 Å². The van der Waals surface area contributed by atoms with Gasteiger partial charge < -0.3 is 9.64 Å². The predicted octanol–water partition coefficient (Wildman–Crippen LogP) is 2.11. The Bertz CT molecular complexity index is 499. The molecule has 3 rings (SSSR count). The van der Waals surface area contributed by atoms with Crippen LogP contribution in [0, 0.1) is 0 Å². The summed E-state index contributed by atoms with van der Waals surface area (Å²) < 4.78 is 5.50. The number of carbonyl (C=O) groups is 1. The molecule has 0 radical (unpaired) electrons. The van der Waals surface area contributed by atoms with Crippen molar-refractivity contribution in [1.29, 1.82) is 0 Å². The molecule has 4 nitrogen and oxygen atoms in total. The maximum absolute atomic E-state index is 12.4. The van der Waals surface area contributed by atoms with Gasteiger partial charge in [-0.2, -0.15) is 0 Å². The Kier molecular flexibility index (Phi) is 4.79. The SMILES string of the molecule is CC1CN(C(=O)CN(C)C2CC(c3ccccc3)C2)CCO1. The van der Waals surface area contributed by atoms with E-state index in [1.807, 2.05) is 11.8 Å². The van der Waals surface area contributed by atoms with Gasteiger partial charge in [0.05, 0.1) is 19.3 Å². The number of nitrogens with zero attached hydrogens (tertiary/aromatic N) is 2. The van der Waals surface area contributed by atoms with Gasteiger partial charge >= 0.3 is 0 Å². The van der Waals surface area contributed by atoms with E-state index in [-0.39, 0.29) is 12.0 Å². The highest BCUT2D eigenvalue weighted by Crippen LogP contribution is 2.39. The van der Waals surface area contributed by atoms with Crippen molar-refractivity contribution in [1.82, 2.24) is 9.80 Å². The van der Waals surface area contributed by atoms with E-state index >= 15 is 0 Å². The zero-order valence-electron chi connectivity index (χ0n) is 13.6. The monoisotopic (exact) mass is 302 g/mol. The van der Waals surface area contributed by atoms with Crippen LogP contribution in [-0.4, -0.2) is 61.1 Å². The van der Waals surface area contributed by atoms with Crippen molar-refractivity contribution in [3.05, 3.63) is 35.9 Å². The van der Waals surface area contributed by atoms with E-state index in [4.69, 9.17) is 4.74 Å². The molecule has 1 heterocycles. The summed E-state index contributed by atoms with van der Waals surface area (Å²) in [4.78, 5) is 16.5. The van der Waals surface area contributed by atoms with Crippen LogP contribution in [0.15, 0.2) is 30.3 Å². The summed E-state index contributed by atoms with van der Waals surface area (Å²) in [5.74, 6) is 0.896. The summed E-state index contributed by atoms with van der Waals surface area (Å²) >= 11 is 0. The van der Waals surface area contributed by atoms with Crippen LogP contribution in [0.4, 0.5) is 0 Å². The lowest BCUT2D eigenvalue weighted by Crippen LogP contribution is -2.50. The summed E-state index contributed by atoms with van der Waals surface area (Å²) in [5.41, 5.74) is 1.43. The van der Waals surface area contributed by atoms with Crippen molar-refractivity contribution in [2.45, 2.75) is 37.8 Å². The Labute approximate surface area is 133 Å². The summed E-state index contributed by atoms with van der Waals surface area (Å²) in [5, 5.41) is 0.